The minimum atomic E-state index is -1.71. The number of carbonyl (C=O) groups is 4. The van der Waals surface area contributed by atoms with Crippen LogP contribution in [-0.4, -0.2) is 357 Å². The SMILES string of the molecule is C=P(C)(C)CC[C@H]1OC(n2cc(C(O)C(C)=O)c(=O)[nH]c2=O)[C@H](O)[C@@H]1O.C=P(C)(C)CC[C@H]1OC(n2cc(CC(C)=O)c(=O)[nH]c2=O)[C@H](O)[C@@H]1O.C=P(C)(C)CC[C@H]1OC(n2cc(CC(C)=O)c(=O)[nH]c2=O)[C@H](OC)[C@@H]1O.C=P(C)(C)CC[C@H]1OC(n2cc(CC(C)=O)c(=O)[nH]c2=S)[C@H](O)[C@@H]1O.C=P(C)(C)CC[C@H]1OC(n2cc(CNC)c(=O)[nH]c2=O)[C@H](O)[C@@H]1O. The summed E-state index contributed by atoms with van der Waals surface area (Å²) in [7, 11) is 3.11. The van der Waals surface area contributed by atoms with Gasteiger partial charge in [-0.05, 0) is 177 Å². The molecule has 5 fully saturated rings. The van der Waals surface area contributed by atoms with Gasteiger partial charge < -0.3 is 84.8 Å². The molecule has 708 valence electrons. The molecular formula is C80H128N11O29P5S. The molecule has 0 aromatic carbocycles. The maximum absolute atomic E-state index is 12.3. The van der Waals surface area contributed by atoms with E-state index in [0.29, 0.717) is 37.7 Å². The largest absolute Gasteiger partial charge is 0.388 e. The van der Waals surface area contributed by atoms with E-state index in [0.717, 1.165) is 57.6 Å². The van der Waals surface area contributed by atoms with E-state index in [9.17, 15) is 113 Å². The summed E-state index contributed by atoms with van der Waals surface area (Å²) in [5.41, 5.74) is -5.57. The van der Waals surface area contributed by atoms with Crippen molar-refractivity contribution in [3.63, 3.8) is 0 Å². The van der Waals surface area contributed by atoms with Gasteiger partial charge in [-0.25, -0.2) is 19.2 Å². The molecule has 10 rings (SSSR count). The maximum atomic E-state index is 12.3. The zero-order chi connectivity index (χ0) is 95.4. The fourth-order valence-electron chi connectivity index (χ4n) is 14.1. The second-order valence-corrected chi connectivity index (χ2v) is 57.9. The molecule has 5 aliphatic rings. The molecule has 0 aliphatic carbocycles. The van der Waals surface area contributed by atoms with E-state index in [1.54, 1.807) is 7.05 Å². The lowest BCUT2D eigenvalue weighted by molar-refractivity contribution is -0.125. The number of hydrogen-bond donors (Lipinski definition) is 16. The number of ketones is 4. The Labute approximate surface area is 732 Å². The fourth-order valence-corrected chi connectivity index (χ4v) is 19.1. The second-order valence-electron chi connectivity index (χ2n) is 35.9. The van der Waals surface area contributed by atoms with Crippen molar-refractivity contribution in [3.8, 4) is 0 Å². The second kappa shape index (κ2) is 45.4. The molecule has 5 aromatic heterocycles. The number of hydrogen-bond acceptors (Lipinski definition) is 31. The minimum Gasteiger partial charge on any atom is -0.388 e. The molecule has 0 spiro atoms. The summed E-state index contributed by atoms with van der Waals surface area (Å²) in [4.78, 5) is 164. The third-order valence-electron chi connectivity index (χ3n) is 20.9. The fraction of sp³-hybridized carbons (Fsp3) is 0.637. The Morgan fingerprint density at radius 2 is 0.643 bits per heavy atom. The van der Waals surface area contributed by atoms with Crippen LogP contribution in [0, 0.1) is 4.77 Å². The summed E-state index contributed by atoms with van der Waals surface area (Å²) >= 11 is 5.15. The Morgan fingerprint density at radius 3 is 0.929 bits per heavy atom. The highest BCUT2D eigenvalue weighted by atomic mass is 32.1. The number of nitrogens with zero attached hydrogens (tertiary/aromatic N) is 5. The van der Waals surface area contributed by atoms with Gasteiger partial charge in [-0.15, -0.1) is 65.9 Å². The van der Waals surface area contributed by atoms with Crippen LogP contribution in [0.3, 0.4) is 0 Å². The molecule has 0 saturated carbocycles. The van der Waals surface area contributed by atoms with Crippen molar-refractivity contribution in [2.75, 3.05) is 112 Å². The predicted octanol–water partition coefficient (Wildman–Crippen LogP) is -1.96. The topological polar surface area (TPSA) is 595 Å². The minimum absolute atomic E-state index is 0.0417. The Balaban J connectivity index is 0.000000243. The van der Waals surface area contributed by atoms with E-state index in [1.807, 2.05) is 18.3 Å². The number of rotatable bonds is 31. The van der Waals surface area contributed by atoms with Crippen LogP contribution >= 0.6 is 46.6 Å². The van der Waals surface area contributed by atoms with Crippen LogP contribution in [0.2, 0.25) is 0 Å². The van der Waals surface area contributed by atoms with Gasteiger partial charge in [-0.2, -0.15) is 0 Å². The first-order valence-corrected chi connectivity index (χ1v) is 56.1. The van der Waals surface area contributed by atoms with Gasteiger partial charge in [0.1, 0.15) is 84.5 Å². The number of aromatic nitrogens is 10. The van der Waals surface area contributed by atoms with E-state index in [4.69, 9.17) is 40.6 Å². The van der Waals surface area contributed by atoms with E-state index < -0.39 is 220 Å². The number of aliphatic hydroxyl groups is 10. The van der Waals surface area contributed by atoms with E-state index in [1.165, 1.54) is 61.8 Å². The molecule has 5 saturated heterocycles. The van der Waals surface area contributed by atoms with Crippen molar-refractivity contribution >= 4 is 101 Å². The highest BCUT2D eigenvalue weighted by molar-refractivity contribution is 7.73. The quantitative estimate of drug-likeness (QED) is 0.0169. The van der Waals surface area contributed by atoms with Crippen molar-refractivity contribution in [3.05, 3.63) is 157 Å². The zero-order valence-electron chi connectivity index (χ0n) is 74.1. The van der Waals surface area contributed by atoms with Crippen LogP contribution in [0.5, 0.6) is 0 Å². The van der Waals surface area contributed by atoms with Crippen LogP contribution in [-0.2, 0) is 73.4 Å². The van der Waals surface area contributed by atoms with Crippen LogP contribution in [0.15, 0.2) is 74.1 Å². The van der Waals surface area contributed by atoms with Gasteiger partial charge in [-0.3, -0.25) is 90.9 Å². The van der Waals surface area contributed by atoms with Gasteiger partial charge in [0.25, 0.3) is 27.8 Å². The van der Waals surface area contributed by atoms with E-state index >= 15 is 0 Å². The molecule has 5 aliphatic heterocycles. The number of carbonyl (C=O) groups excluding carboxylic acids is 4. The van der Waals surface area contributed by atoms with Crippen molar-refractivity contribution < 1.29 is 98.7 Å². The first-order valence-electron chi connectivity index (χ1n) is 40.4. The van der Waals surface area contributed by atoms with E-state index in [-0.39, 0.29) is 70.2 Å². The summed E-state index contributed by atoms with van der Waals surface area (Å²) in [5, 5.41) is 105. The Bertz CT molecular complexity index is 5450. The third kappa shape index (κ3) is 30.5. The summed E-state index contributed by atoms with van der Waals surface area (Å²) in [6.07, 6.45) is 12.1. The van der Waals surface area contributed by atoms with Gasteiger partial charge in [0.2, 0.25) is 0 Å². The Kier molecular flexibility index (Phi) is 39.0. The van der Waals surface area contributed by atoms with Crippen molar-refractivity contribution in [1.29, 1.82) is 0 Å². The van der Waals surface area contributed by atoms with Crippen molar-refractivity contribution in [2.24, 2.45) is 0 Å². The summed E-state index contributed by atoms with van der Waals surface area (Å²) in [5.74, 6) is -1.27. The number of aromatic amines is 5. The van der Waals surface area contributed by atoms with Crippen molar-refractivity contribution in [1.82, 2.24) is 53.1 Å². The Morgan fingerprint density at radius 1 is 0.397 bits per heavy atom. The zero-order valence-corrected chi connectivity index (χ0v) is 79.3. The standard InChI is InChI=1S/C17H27N2O6P.C16H25N2O7P.C16H25N2O6P.C16H25N2O5PS.C15H26N3O5P/c1-10(20)8-11-9-19(17(23)18-15(11)22)16-14(24-2)13(21)12(25-16)6-7-26(3,4)5;1-8(19)11(20)9-7-18(16(24)17-14(9)23)15-13(22)12(21)10(25-15)5-6-26(2,3)4;1-9(19)7-10-8-18(16(23)17-14(10)22)15-13(21)12(20)11(24-15)5-6-25(2,3)4;1-9(19)7-10-8-18(16(25)17-14(10)22)15-13(21)12(20)11(23-15)5-6-24(2,3)4;1-16-7-9-8-18(15(22)17-13(9)21)14-12(20)11(19)10(23-14)5-6-24(2,3)4/h9,12-14,16,21H,3,6-8H2,1-2,4-5H3,(H,18,22,23);7,10-13,15,20-22H,2,5-6H2,1,3-4H3,(H,17,23,24);8,11-13,15,20-21H,2,5-7H2,1,3-4H3,(H,17,22,23);8,11-13,15,20-21H,2,5-7H2,1,3-4H3,(H,17,22,25);8,10-12,14,16,19-20H,2,5-7H2,1,3-4H3,(H,17,21,22)/t12-,13-,14-,16?;10-,11?,12-,13-,15?;2*11-,12-,13-,15?;10-,11-,12-,14?/m11111/s1. The van der Waals surface area contributed by atoms with Gasteiger partial charge >= 0.3 is 22.8 Å². The number of ether oxygens (including phenoxy) is 6. The number of methoxy groups -OCH3 is 1. The monoisotopic (exact) mass is 1890 g/mol. The molecular weight excluding hydrogens is 1770 g/mol. The molecule has 40 nitrogen and oxygen atoms in total. The summed E-state index contributed by atoms with van der Waals surface area (Å²) < 4.78 is 39.9. The lowest BCUT2D eigenvalue weighted by atomic mass is 10.1. The third-order valence-corrected chi connectivity index (χ3v) is 28.6. The molecule has 21 atom stereocenters. The highest BCUT2D eigenvalue weighted by Crippen LogP contribution is 2.45. The van der Waals surface area contributed by atoms with Gasteiger partial charge in [0, 0.05) is 86.2 Å². The molecule has 46 heteroatoms. The first-order chi connectivity index (χ1) is 58.1. The average Bonchev–Trinajstić information content (AvgIpc) is 1.64. The average molecular weight is 1890 g/mol. The Hall–Kier alpha value is -6.68. The molecule has 10 heterocycles. The van der Waals surface area contributed by atoms with Gasteiger partial charge in [-0.1, -0.05) is 0 Å². The number of nitrogens with one attached hydrogen (secondary N) is 6. The molecule has 5 aromatic rings. The van der Waals surface area contributed by atoms with Crippen molar-refractivity contribution in [2.45, 2.75) is 214 Å². The van der Waals surface area contributed by atoms with Crippen LogP contribution < -0.4 is 55.9 Å². The summed E-state index contributed by atoms with van der Waals surface area (Å²) in [6, 6.07) is 0. The molecule has 0 radical (unpaired) electrons. The van der Waals surface area contributed by atoms with Gasteiger partial charge in [0.05, 0.1) is 36.1 Å². The molecule has 126 heavy (non-hydrogen) atoms. The lowest BCUT2D eigenvalue weighted by Crippen LogP contribution is -2.39. The normalized spacial score (nSPS) is 26.9. The van der Waals surface area contributed by atoms with Crippen LogP contribution in [0.1, 0.15) is 125 Å². The molecule has 0 bridgehead atoms. The smallest absolute Gasteiger partial charge is 0.330 e. The predicted molar refractivity (Wildman–Crippen MR) is 494 cm³/mol. The number of H-pyrrole nitrogens is 5. The summed E-state index contributed by atoms with van der Waals surface area (Å²) in [6.45, 7) is 19.6. The van der Waals surface area contributed by atoms with Crippen LogP contribution in [0.4, 0.5) is 0 Å². The maximum Gasteiger partial charge on any atom is 0.330 e. The van der Waals surface area contributed by atoms with Gasteiger partial charge in [0.15, 0.2) is 41.7 Å². The molecule has 16 N–H and O–H groups in total. The number of Topliss-reactive ketones (excluding diaryl/α,β-unsaturated/α-hetero) is 4. The highest BCUT2D eigenvalue weighted by Gasteiger charge is 2.49. The first kappa shape index (κ1) is 108. The number of aliphatic hydroxyl groups excluding tert-OH is 10. The molecule has 0 amide bonds. The van der Waals surface area contributed by atoms with E-state index in [2.05, 4.69) is 110 Å². The lowest BCUT2D eigenvalue weighted by Gasteiger charge is -2.20. The molecule has 6 unspecified atom stereocenters. The van der Waals surface area contributed by atoms with Crippen LogP contribution in [0.25, 0.3) is 0 Å².